The largest absolute Gasteiger partial charge is 0.507 e. The molecule has 2 aromatic rings. The molecule has 5 heteroatoms. The molecule has 25 heavy (non-hydrogen) atoms. The standard InChI is InChI=1S/C20H22N4O/c21-19-15(6-5-14-7-9-20(10-8-14)12-22-13-20)11-17(23-24-19)16-3-1-2-4-18(16)25/h1-4,11,14,22,25H,7-10,12-13H2,(H2,21,24). The van der Waals surface area contributed by atoms with E-state index in [2.05, 4.69) is 27.4 Å². The van der Waals surface area contributed by atoms with E-state index in [1.54, 1.807) is 18.2 Å². The van der Waals surface area contributed by atoms with Gasteiger partial charge in [0.05, 0.1) is 11.3 Å². The molecule has 1 aliphatic heterocycles. The van der Waals surface area contributed by atoms with E-state index in [9.17, 15) is 5.11 Å². The van der Waals surface area contributed by atoms with Crippen LogP contribution in [0.15, 0.2) is 30.3 Å². The predicted molar refractivity (Wildman–Crippen MR) is 97.7 cm³/mol. The van der Waals surface area contributed by atoms with Crippen LogP contribution in [0.1, 0.15) is 31.2 Å². The number of nitrogens with two attached hydrogens (primary N) is 1. The molecule has 2 fully saturated rings. The van der Waals surface area contributed by atoms with E-state index in [0.29, 0.717) is 34.0 Å². The number of rotatable bonds is 1. The Morgan fingerprint density at radius 3 is 2.60 bits per heavy atom. The summed E-state index contributed by atoms with van der Waals surface area (Å²) in [6.45, 7) is 2.33. The van der Waals surface area contributed by atoms with E-state index in [-0.39, 0.29) is 5.75 Å². The van der Waals surface area contributed by atoms with Crippen LogP contribution >= 0.6 is 0 Å². The number of aromatic nitrogens is 2. The van der Waals surface area contributed by atoms with Crippen molar-refractivity contribution >= 4 is 5.82 Å². The van der Waals surface area contributed by atoms with Crippen molar-refractivity contribution < 1.29 is 5.11 Å². The molecule has 2 aliphatic rings. The highest BCUT2D eigenvalue weighted by Gasteiger charge is 2.39. The lowest BCUT2D eigenvalue weighted by atomic mass is 9.67. The molecule has 1 aromatic carbocycles. The van der Waals surface area contributed by atoms with Crippen molar-refractivity contribution in [3.63, 3.8) is 0 Å². The third-order valence-corrected chi connectivity index (χ3v) is 5.46. The number of para-hydroxylation sites is 1. The van der Waals surface area contributed by atoms with Gasteiger partial charge in [-0.2, -0.15) is 0 Å². The molecule has 0 radical (unpaired) electrons. The average Bonchev–Trinajstić information content (AvgIpc) is 2.61. The second-order valence-corrected chi connectivity index (χ2v) is 7.19. The fourth-order valence-electron chi connectivity index (χ4n) is 3.71. The summed E-state index contributed by atoms with van der Waals surface area (Å²) in [7, 11) is 0. The van der Waals surface area contributed by atoms with Crippen LogP contribution < -0.4 is 11.1 Å². The normalized spacial score (nSPS) is 19.0. The van der Waals surface area contributed by atoms with Crippen LogP contribution in [0, 0.1) is 23.2 Å². The van der Waals surface area contributed by atoms with E-state index >= 15 is 0 Å². The van der Waals surface area contributed by atoms with Crippen LogP contribution in [0.5, 0.6) is 5.75 Å². The van der Waals surface area contributed by atoms with Gasteiger partial charge in [0, 0.05) is 24.6 Å². The van der Waals surface area contributed by atoms with Gasteiger partial charge < -0.3 is 16.2 Å². The van der Waals surface area contributed by atoms with Gasteiger partial charge >= 0.3 is 0 Å². The molecule has 4 rings (SSSR count). The highest BCUT2D eigenvalue weighted by Crippen LogP contribution is 2.41. The summed E-state index contributed by atoms with van der Waals surface area (Å²) in [6, 6.07) is 8.87. The topological polar surface area (TPSA) is 84.1 Å². The number of nitrogens with one attached hydrogen (secondary N) is 1. The van der Waals surface area contributed by atoms with E-state index in [0.717, 1.165) is 25.9 Å². The molecule has 1 saturated carbocycles. The Labute approximate surface area is 147 Å². The van der Waals surface area contributed by atoms with E-state index in [1.807, 2.05) is 12.1 Å². The van der Waals surface area contributed by atoms with Crippen LogP contribution in [0.25, 0.3) is 11.3 Å². The van der Waals surface area contributed by atoms with Gasteiger partial charge in [0.15, 0.2) is 5.82 Å². The number of hydrogen-bond acceptors (Lipinski definition) is 5. The van der Waals surface area contributed by atoms with Crippen molar-refractivity contribution in [2.24, 2.45) is 11.3 Å². The highest BCUT2D eigenvalue weighted by atomic mass is 16.3. The Morgan fingerprint density at radius 1 is 1.16 bits per heavy atom. The van der Waals surface area contributed by atoms with Crippen LogP contribution in [0.3, 0.4) is 0 Å². The number of nitrogens with zero attached hydrogens (tertiary/aromatic N) is 2. The van der Waals surface area contributed by atoms with Gasteiger partial charge in [0.25, 0.3) is 0 Å². The van der Waals surface area contributed by atoms with Crippen LogP contribution in [-0.2, 0) is 0 Å². The summed E-state index contributed by atoms with van der Waals surface area (Å²) in [5.41, 5.74) is 8.39. The van der Waals surface area contributed by atoms with Crippen molar-refractivity contribution in [1.29, 1.82) is 0 Å². The second-order valence-electron chi connectivity index (χ2n) is 7.19. The van der Waals surface area contributed by atoms with Gasteiger partial charge in [0.1, 0.15) is 5.75 Å². The zero-order valence-corrected chi connectivity index (χ0v) is 14.1. The first-order valence-corrected chi connectivity index (χ1v) is 8.79. The maximum absolute atomic E-state index is 10.00. The van der Waals surface area contributed by atoms with Crippen molar-refractivity contribution in [2.45, 2.75) is 25.7 Å². The summed E-state index contributed by atoms with van der Waals surface area (Å²) >= 11 is 0. The minimum Gasteiger partial charge on any atom is -0.507 e. The quantitative estimate of drug-likeness (QED) is 0.698. The molecule has 1 aromatic heterocycles. The average molecular weight is 334 g/mol. The number of nitrogen functional groups attached to an aromatic ring is 1. The molecule has 5 nitrogen and oxygen atoms in total. The molecule has 128 valence electrons. The van der Waals surface area contributed by atoms with E-state index < -0.39 is 0 Å². The molecular formula is C20H22N4O. The molecule has 2 heterocycles. The number of hydrogen-bond donors (Lipinski definition) is 3. The van der Waals surface area contributed by atoms with Gasteiger partial charge in [-0.15, -0.1) is 10.2 Å². The van der Waals surface area contributed by atoms with Crippen LogP contribution in [0.4, 0.5) is 5.82 Å². The fraction of sp³-hybridized carbons (Fsp3) is 0.400. The molecule has 1 saturated heterocycles. The number of anilines is 1. The summed E-state index contributed by atoms with van der Waals surface area (Å²) in [5, 5.41) is 21.5. The van der Waals surface area contributed by atoms with Gasteiger partial charge in [-0.1, -0.05) is 24.0 Å². The predicted octanol–water partition coefficient (Wildman–Crippen LogP) is 2.56. The Morgan fingerprint density at radius 2 is 1.92 bits per heavy atom. The van der Waals surface area contributed by atoms with Gasteiger partial charge in [-0.05, 0) is 49.3 Å². The number of aromatic hydroxyl groups is 1. The minimum atomic E-state index is 0.173. The number of phenolic OH excluding ortho intramolecular Hbond substituents is 1. The fourth-order valence-corrected chi connectivity index (χ4v) is 3.71. The third kappa shape index (κ3) is 3.18. The zero-order chi connectivity index (χ0) is 17.3. The first-order chi connectivity index (χ1) is 12.2. The van der Waals surface area contributed by atoms with Gasteiger partial charge in [-0.3, -0.25) is 0 Å². The SMILES string of the molecule is Nc1nnc(-c2ccccc2O)cc1C#CC1CCC2(CC1)CNC2. The third-order valence-electron chi connectivity index (χ3n) is 5.46. The minimum absolute atomic E-state index is 0.173. The first kappa shape index (κ1) is 15.9. The Bertz CT molecular complexity index is 838. The Kier molecular flexibility index (Phi) is 4.06. The lowest BCUT2D eigenvalue weighted by molar-refractivity contribution is 0.0938. The molecular weight excluding hydrogens is 312 g/mol. The Balaban J connectivity index is 1.53. The van der Waals surface area contributed by atoms with Crippen molar-refractivity contribution in [3.05, 3.63) is 35.9 Å². The lowest BCUT2D eigenvalue weighted by Crippen LogP contribution is -2.54. The smallest absolute Gasteiger partial charge is 0.161 e. The van der Waals surface area contributed by atoms with Crippen molar-refractivity contribution in [1.82, 2.24) is 15.5 Å². The van der Waals surface area contributed by atoms with Gasteiger partial charge in [0.2, 0.25) is 0 Å². The lowest BCUT2D eigenvalue weighted by Gasteiger charge is -2.46. The summed E-state index contributed by atoms with van der Waals surface area (Å²) in [4.78, 5) is 0. The van der Waals surface area contributed by atoms with Crippen molar-refractivity contribution in [3.8, 4) is 28.8 Å². The molecule has 0 bridgehead atoms. The molecule has 1 spiro atoms. The van der Waals surface area contributed by atoms with E-state index in [1.165, 1.54) is 12.8 Å². The number of phenols is 1. The monoisotopic (exact) mass is 334 g/mol. The molecule has 4 N–H and O–H groups in total. The summed E-state index contributed by atoms with van der Waals surface area (Å²) in [5.74, 6) is 7.51. The summed E-state index contributed by atoms with van der Waals surface area (Å²) in [6.07, 6.45) is 4.82. The summed E-state index contributed by atoms with van der Waals surface area (Å²) < 4.78 is 0. The number of benzene rings is 1. The van der Waals surface area contributed by atoms with E-state index in [4.69, 9.17) is 5.73 Å². The van der Waals surface area contributed by atoms with Crippen LogP contribution in [-0.4, -0.2) is 28.4 Å². The first-order valence-electron chi connectivity index (χ1n) is 8.79. The second kappa shape index (κ2) is 6.38. The molecule has 1 aliphatic carbocycles. The van der Waals surface area contributed by atoms with Gasteiger partial charge in [-0.25, -0.2) is 0 Å². The molecule has 0 unspecified atom stereocenters. The maximum Gasteiger partial charge on any atom is 0.161 e. The molecule has 0 atom stereocenters. The maximum atomic E-state index is 10.00. The van der Waals surface area contributed by atoms with Crippen molar-refractivity contribution in [2.75, 3.05) is 18.8 Å². The Hall–Kier alpha value is -2.58. The highest BCUT2D eigenvalue weighted by molar-refractivity contribution is 5.69. The van der Waals surface area contributed by atoms with Crippen LogP contribution in [0.2, 0.25) is 0 Å². The molecule has 0 amide bonds. The zero-order valence-electron chi connectivity index (χ0n) is 14.1.